The Bertz CT molecular complexity index is 685. The number of carbonyl (C=O) groups excluding carboxylic acids is 2. The molecule has 6 heteroatoms. The molecule has 0 saturated carbocycles. The molecule has 0 bridgehead atoms. The van der Waals surface area contributed by atoms with Crippen LogP contribution in [0.3, 0.4) is 0 Å². The monoisotopic (exact) mass is 344 g/mol. The van der Waals surface area contributed by atoms with Gasteiger partial charge in [0, 0.05) is 12.2 Å². The summed E-state index contributed by atoms with van der Waals surface area (Å²) in [6.45, 7) is 6.03. The first-order chi connectivity index (χ1) is 11.8. The van der Waals surface area contributed by atoms with Gasteiger partial charge < -0.3 is 14.5 Å². The van der Waals surface area contributed by atoms with Gasteiger partial charge in [-0.3, -0.25) is 10.1 Å². The molecule has 134 valence electrons. The second-order valence-electron chi connectivity index (χ2n) is 6.66. The molecule has 2 N–H and O–H groups in total. The van der Waals surface area contributed by atoms with Gasteiger partial charge >= 0.3 is 6.09 Å². The summed E-state index contributed by atoms with van der Waals surface area (Å²) in [5.74, 6) is 0.111. The number of anilines is 1. The molecular weight excluding hydrogens is 320 g/mol. The van der Waals surface area contributed by atoms with E-state index in [1.54, 1.807) is 12.1 Å². The SMILES string of the molecule is CC(C)(C)OC(=O)Nc1ccc(CCCNC(=O)c2ccco2)cc1. The van der Waals surface area contributed by atoms with E-state index in [1.807, 2.05) is 45.0 Å². The van der Waals surface area contributed by atoms with Crippen LogP contribution in [-0.2, 0) is 11.2 Å². The van der Waals surface area contributed by atoms with Crippen molar-refractivity contribution in [3.05, 3.63) is 54.0 Å². The number of hydrogen-bond acceptors (Lipinski definition) is 4. The highest BCUT2D eigenvalue weighted by Crippen LogP contribution is 2.13. The van der Waals surface area contributed by atoms with Crippen molar-refractivity contribution < 1.29 is 18.7 Å². The Hall–Kier alpha value is -2.76. The third-order valence-electron chi connectivity index (χ3n) is 3.27. The molecule has 0 spiro atoms. The van der Waals surface area contributed by atoms with E-state index >= 15 is 0 Å². The number of amides is 2. The van der Waals surface area contributed by atoms with Crippen molar-refractivity contribution in [1.29, 1.82) is 0 Å². The third-order valence-corrected chi connectivity index (χ3v) is 3.27. The summed E-state index contributed by atoms with van der Waals surface area (Å²) in [6.07, 6.45) is 2.64. The van der Waals surface area contributed by atoms with Crippen molar-refractivity contribution in [3.63, 3.8) is 0 Å². The zero-order valence-electron chi connectivity index (χ0n) is 14.8. The summed E-state index contributed by atoms with van der Waals surface area (Å²) >= 11 is 0. The van der Waals surface area contributed by atoms with E-state index in [-0.39, 0.29) is 5.91 Å². The number of carbonyl (C=O) groups is 2. The molecule has 25 heavy (non-hydrogen) atoms. The van der Waals surface area contributed by atoms with Gasteiger partial charge in [0.2, 0.25) is 0 Å². The Kier molecular flexibility index (Phi) is 6.22. The van der Waals surface area contributed by atoms with Crippen LogP contribution in [0.25, 0.3) is 0 Å². The summed E-state index contributed by atoms with van der Waals surface area (Å²) in [5, 5.41) is 5.50. The zero-order chi connectivity index (χ0) is 18.3. The zero-order valence-corrected chi connectivity index (χ0v) is 14.8. The van der Waals surface area contributed by atoms with E-state index in [2.05, 4.69) is 10.6 Å². The minimum absolute atomic E-state index is 0.207. The fourth-order valence-electron chi connectivity index (χ4n) is 2.17. The molecular formula is C19H24N2O4. The molecule has 2 rings (SSSR count). The van der Waals surface area contributed by atoms with Crippen LogP contribution in [0.15, 0.2) is 47.1 Å². The Morgan fingerprint density at radius 2 is 1.84 bits per heavy atom. The Balaban J connectivity index is 1.71. The lowest BCUT2D eigenvalue weighted by Crippen LogP contribution is -2.27. The Labute approximate surface area is 147 Å². The predicted molar refractivity (Wildman–Crippen MR) is 95.7 cm³/mol. The van der Waals surface area contributed by atoms with E-state index in [4.69, 9.17) is 9.15 Å². The van der Waals surface area contributed by atoms with Crippen molar-refractivity contribution >= 4 is 17.7 Å². The molecule has 0 radical (unpaired) electrons. The summed E-state index contributed by atoms with van der Waals surface area (Å²) in [7, 11) is 0. The van der Waals surface area contributed by atoms with Gasteiger partial charge in [-0.25, -0.2) is 4.79 Å². The average molecular weight is 344 g/mol. The van der Waals surface area contributed by atoms with Gasteiger partial charge in [0.05, 0.1) is 6.26 Å². The fourth-order valence-corrected chi connectivity index (χ4v) is 2.17. The lowest BCUT2D eigenvalue weighted by molar-refractivity contribution is 0.0635. The largest absolute Gasteiger partial charge is 0.459 e. The minimum atomic E-state index is -0.524. The molecule has 0 aliphatic carbocycles. The van der Waals surface area contributed by atoms with E-state index in [9.17, 15) is 9.59 Å². The Morgan fingerprint density at radius 3 is 2.44 bits per heavy atom. The minimum Gasteiger partial charge on any atom is -0.459 e. The van der Waals surface area contributed by atoms with E-state index in [1.165, 1.54) is 6.26 Å². The maximum atomic E-state index is 11.7. The van der Waals surface area contributed by atoms with Gasteiger partial charge in [-0.15, -0.1) is 0 Å². The van der Waals surface area contributed by atoms with Crippen molar-refractivity contribution in [2.45, 2.75) is 39.2 Å². The molecule has 1 aromatic carbocycles. The fraction of sp³-hybridized carbons (Fsp3) is 0.368. The van der Waals surface area contributed by atoms with Crippen molar-refractivity contribution in [2.75, 3.05) is 11.9 Å². The molecule has 1 heterocycles. The van der Waals surface area contributed by atoms with Gasteiger partial charge in [0.25, 0.3) is 5.91 Å². The van der Waals surface area contributed by atoms with Crippen LogP contribution in [0.2, 0.25) is 0 Å². The molecule has 1 aromatic heterocycles. The van der Waals surface area contributed by atoms with Crippen LogP contribution in [0.1, 0.15) is 43.3 Å². The molecule has 0 atom stereocenters. The highest BCUT2D eigenvalue weighted by atomic mass is 16.6. The van der Waals surface area contributed by atoms with E-state index < -0.39 is 11.7 Å². The van der Waals surface area contributed by atoms with Gasteiger partial charge in [-0.2, -0.15) is 0 Å². The summed E-state index contributed by atoms with van der Waals surface area (Å²) < 4.78 is 10.2. The molecule has 0 aliphatic rings. The standard InChI is InChI=1S/C19H24N2O4/c1-19(2,3)25-18(23)21-15-10-8-14(9-11-15)6-4-12-20-17(22)16-7-5-13-24-16/h5,7-11,13H,4,6,12H2,1-3H3,(H,20,22)(H,21,23). The number of benzene rings is 1. The average Bonchev–Trinajstić information content (AvgIpc) is 3.05. The number of nitrogens with one attached hydrogen (secondary N) is 2. The van der Waals surface area contributed by atoms with Crippen LogP contribution in [-0.4, -0.2) is 24.1 Å². The van der Waals surface area contributed by atoms with Crippen LogP contribution in [0.4, 0.5) is 10.5 Å². The quantitative estimate of drug-likeness (QED) is 0.777. The lowest BCUT2D eigenvalue weighted by Gasteiger charge is -2.19. The third kappa shape index (κ3) is 6.71. The van der Waals surface area contributed by atoms with Crippen molar-refractivity contribution in [1.82, 2.24) is 5.32 Å². The van der Waals surface area contributed by atoms with Gasteiger partial charge in [0.15, 0.2) is 5.76 Å². The maximum Gasteiger partial charge on any atom is 0.412 e. The van der Waals surface area contributed by atoms with Crippen LogP contribution in [0, 0.1) is 0 Å². The molecule has 0 fully saturated rings. The number of aryl methyl sites for hydroxylation is 1. The number of hydrogen-bond donors (Lipinski definition) is 2. The van der Waals surface area contributed by atoms with E-state index in [0.717, 1.165) is 18.4 Å². The van der Waals surface area contributed by atoms with E-state index in [0.29, 0.717) is 18.0 Å². The highest BCUT2D eigenvalue weighted by molar-refractivity contribution is 5.91. The van der Waals surface area contributed by atoms with Crippen LogP contribution < -0.4 is 10.6 Å². The molecule has 2 amide bonds. The van der Waals surface area contributed by atoms with Crippen molar-refractivity contribution in [2.24, 2.45) is 0 Å². The number of ether oxygens (including phenoxy) is 1. The topological polar surface area (TPSA) is 80.6 Å². The number of furan rings is 1. The van der Waals surface area contributed by atoms with Crippen molar-refractivity contribution in [3.8, 4) is 0 Å². The van der Waals surface area contributed by atoms with Crippen LogP contribution >= 0.6 is 0 Å². The van der Waals surface area contributed by atoms with Crippen LogP contribution in [0.5, 0.6) is 0 Å². The highest BCUT2D eigenvalue weighted by Gasteiger charge is 2.16. The molecule has 2 aromatic rings. The first kappa shape index (κ1) is 18.6. The van der Waals surface area contributed by atoms with Gasteiger partial charge in [-0.05, 0) is 63.4 Å². The second-order valence-corrected chi connectivity index (χ2v) is 6.66. The summed E-state index contributed by atoms with van der Waals surface area (Å²) in [4.78, 5) is 23.4. The second kappa shape index (κ2) is 8.37. The summed E-state index contributed by atoms with van der Waals surface area (Å²) in [6, 6.07) is 10.9. The summed E-state index contributed by atoms with van der Waals surface area (Å²) in [5.41, 5.74) is 1.29. The van der Waals surface area contributed by atoms with Gasteiger partial charge in [-0.1, -0.05) is 12.1 Å². The number of rotatable bonds is 6. The molecule has 0 unspecified atom stereocenters. The first-order valence-corrected chi connectivity index (χ1v) is 8.24. The maximum absolute atomic E-state index is 11.7. The Morgan fingerprint density at radius 1 is 1.12 bits per heavy atom. The smallest absolute Gasteiger partial charge is 0.412 e. The van der Waals surface area contributed by atoms with Gasteiger partial charge in [0.1, 0.15) is 5.60 Å². The molecule has 0 aliphatic heterocycles. The molecule has 0 saturated heterocycles. The molecule has 6 nitrogen and oxygen atoms in total. The first-order valence-electron chi connectivity index (χ1n) is 8.24. The predicted octanol–water partition coefficient (Wildman–Crippen LogP) is 3.99. The normalized spacial score (nSPS) is 11.0. The lowest BCUT2D eigenvalue weighted by atomic mass is 10.1.